The van der Waals surface area contributed by atoms with Crippen molar-refractivity contribution in [1.29, 1.82) is 0 Å². The number of nitrogen functional groups attached to an aromatic ring is 1. The van der Waals surface area contributed by atoms with Crippen molar-refractivity contribution < 1.29 is 8.42 Å². The minimum atomic E-state index is -3.58. The van der Waals surface area contributed by atoms with Crippen molar-refractivity contribution >= 4 is 21.4 Å². The molecule has 106 valence electrons. The number of rotatable bonds is 4. The van der Waals surface area contributed by atoms with Gasteiger partial charge in [-0.2, -0.15) is 0 Å². The van der Waals surface area contributed by atoms with Gasteiger partial charge >= 0.3 is 0 Å². The first kappa shape index (κ1) is 14.4. The topological polar surface area (TPSA) is 72.2 Å². The molecule has 0 aliphatic rings. The van der Waals surface area contributed by atoms with E-state index in [2.05, 4.69) is 4.72 Å². The van der Waals surface area contributed by atoms with E-state index in [-0.39, 0.29) is 4.90 Å². The van der Waals surface area contributed by atoms with Crippen LogP contribution in [0.2, 0.25) is 0 Å². The molecule has 3 N–H and O–H groups in total. The van der Waals surface area contributed by atoms with Gasteiger partial charge in [0.25, 0.3) is 10.0 Å². The molecule has 0 heterocycles. The van der Waals surface area contributed by atoms with Gasteiger partial charge in [-0.3, -0.25) is 4.72 Å². The molecule has 2 aromatic carbocycles. The van der Waals surface area contributed by atoms with Gasteiger partial charge in [-0.1, -0.05) is 19.1 Å². The van der Waals surface area contributed by atoms with E-state index in [0.717, 1.165) is 17.5 Å². The number of nitrogens with two attached hydrogens (primary N) is 1. The van der Waals surface area contributed by atoms with E-state index < -0.39 is 10.0 Å². The second-order valence-electron chi connectivity index (χ2n) is 4.68. The summed E-state index contributed by atoms with van der Waals surface area (Å²) in [5.41, 5.74) is 8.68. The van der Waals surface area contributed by atoms with Crippen LogP contribution in [-0.2, 0) is 16.4 Å². The summed E-state index contributed by atoms with van der Waals surface area (Å²) in [6, 6.07) is 12.1. The van der Waals surface area contributed by atoms with Gasteiger partial charge in [0.2, 0.25) is 0 Å². The zero-order valence-corrected chi connectivity index (χ0v) is 12.4. The van der Waals surface area contributed by atoms with Crippen LogP contribution < -0.4 is 10.5 Å². The van der Waals surface area contributed by atoms with Gasteiger partial charge in [-0.15, -0.1) is 0 Å². The Morgan fingerprint density at radius 3 is 2.55 bits per heavy atom. The molecule has 5 heteroatoms. The first-order chi connectivity index (χ1) is 9.42. The molecular weight excluding hydrogens is 272 g/mol. The predicted molar refractivity (Wildman–Crippen MR) is 82.2 cm³/mol. The highest BCUT2D eigenvalue weighted by Gasteiger charge is 2.15. The van der Waals surface area contributed by atoms with Crippen LogP contribution in [0.1, 0.15) is 18.1 Å². The summed E-state index contributed by atoms with van der Waals surface area (Å²) in [7, 11) is -3.58. The van der Waals surface area contributed by atoms with Crippen LogP contribution in [0, 0.1) is 6.92 Å². The molecule has 0 spiro atoms. The van der Waals surface area contributed by atoms with Crippen molar-refractivity contribution in [2.75, 3.05) is 10.5 Å². The van der Waals surface area contributed by atoms with Gasteiger partial charge in [0.05, 0.1) is 4.90 Å². The van der Waals surface area contributed by atoms with Gasteiger partial charge in [0.15, 0.2) is 0 Å². The van der Waals surface area contributed by atoms with E-state index in [9.17, 15) is 8.42 Å². The fraction of sp³-hybridized carbons (Fsp3) is 0.200. The molecule has 0 fully saturated rings. The number of nitrogens with one attached hydrogen (secondary N) is 1. The Balaban J connectivity index is 2.32. The van der Waals surface area contributed by atoms with E-state index in [1.165, 1.54) is 6.07 Å². The van der Waals surface area contributed by atoms with Crippen molar-refractivity contribution in [2.45, 2.75) is 25.2 Å². The maximum Gasteiger partial charge on any atom is 0.261 e. The molecule has 0 bridgehead atoms. The second kappa shape index (κ2) is 5.54. The number of aryl methyl sites for hydroxylation is 2. The van der Waals surface area contributed by atoms with Crippen LogP contribution in [0.3, 0.4) is 0 Å². The third kappa shape index (κ3) is 3.11. The SMILES string of the molecule is CCc1cccc(NS(=O)(=O)c2ccc(N)c(C)c2)c1. The molecule has 0 amide bonds. The van der Waals surface area contributed by atoms with Crippen LogP contribution in [0.4, 0.5) is 11.4 Å². The minimum absolute atomic E-state index is 0.214. The molecule has 0 radical (unpaired) electrons. The number of benzene rings is 2. The third-order valence-electron chi connectivity index (χ3n) is 3.14. The molecule has 0 saturated heterocycles. The van der Waals surface area contributed by atoms with Crippen LogP contribution in [-0.4, -0.2) is 8.42 Å². The molecular formula is C15H18N2O2S. The van der Waals surface area contributed by atoms with Crippen LogP contribution in [0.5, 0.6) is 0 Å². The van der Waals surface area contributed by atoms with Gasteiger partial charge in [0.1, 0.15) is 0 Å². The van der Waals surface area contributed by atoms with Crippen molar-refractivity contribution in [1.82, 2.24) is 0 Å². The summed E-state index contributed by atoms with van der Waals surface area (Å²) in [6.07, 6.45) is 0.858. The van der Waals surface area contributed by atoms with Gasteiger partial charge < -0.3 is 5.73 Å². The summed E-state index contributed by atoms with van der Waals surface area (Å²) in [5.74, 6) is 0. The monoisotopic (exact) mass is 290 g/mol. The lowest BCUT2D eigenvalue weighted by Gasteiger charge is -2.10. The Morgan fingerprint density at radius 1 is 1.15 bits per heavy atom. The highest BCUT2D eigenvalue weighted by Crippen LogP contribution is 2.20. The van der Waals surface area contributed by atoms with Crippen molar-refractivity contribution in [3.8, 4) is 0 Å². The van der Waals surface area contributed by atoms with Crippen molar-refractivity contribution in [2.24, 2.45) is 0 Å². The van der Waals surface area contributed by atoms with E-state index in [4.69, 9.17) is 5.73 Å². The lowest BCUT2D eigenvalue weighted by molar-refractivity contribution is 0.601. The third-order valence-corrected chi connectivity index (χ3v) is 4.52. The lowest BCUT2D eigenvalue weighted by Crippen LogP contribution is -2.13. The Bertz CT molecular complexity index is 724. The Morgan fingerprint density at radius 2 is 1.90 bits per heavy atom. The summed E-state index contributed by atoms with van der Waals surface area (Å²) < 4.78 is 27.2. The Hall–Kier alpha value is -2.01. The molecule has 0 aliphatic heterocycles. The molecule has 0 aliphatic carbocycles. The highest BCUT2D eigenvalue weighted by atomic mass is 32.2. The number of hydrogen-bond acceptors (Lipinski definition) is 3. The normalized spacial score (nSPS) is 11.3. The summed E-state index contributed by atoms with van der Waals surface area (Å²) in [6.45, 7) is 3.81. The number of hydrogen-bond donors (Lipinski definition) is 2. The largest absolute Gasteiger partial charge is 0.399 e. The summed E-state index contributed by atoms with van der Waals surface area (Å²) in [4.78, 5) is 0.214. The predicted octanol–water partition coefficient (Wildman–Crippen LogP) is 2.94. The Labute approximate surface area is 119 Å². The minimum Gasteiger partial charge on any atom is -0.399 e. The molecule has 0 saturated carbocycles. The van der Waals surface area contributed by atoms with Gasteiger partial charge in [-0.05, 0) is 54.8 Å². The highest BCUT2D eigenvalue weighted by molar-refractivity contribution is 7.92. The molecule has 4 nitrogen and oxygen atoms in total. The average molecular weight is 290 g/mol. The molecule has 0 aromatic heterocycles. The van der Waals surface area contributed by atoms with Crippen LogP contribution in [0.25, 0.3) is 0 Å². The summed E-state index contributed by atoms with van der Waals surface area (Å²) in [5, 5.41) is 0. The first-order valence-electron chi connectivity index (χ1n) is 6.40. The molecule has 0 unspecified atom stereocenters. The zero-order valence-electron chi connectivity index (χ0n) is 11.6. The first-order valence-corrected chi connectivity index (χ1v) is 7.88. The molecule has 2 rings (SSSR count). The fourth-order valence-corrected chi connectivity index (χ4v) is 3.02. The number of anilines is 2. The van der Waals surface area contributed by atoms with Gasteiger partial charge in [0, 0.05) is 11.4 Å². The molecule has 0 atom stereocenters. The zero-order chi connectivity index (χ0) is 14.8. The van der Waals surface area contributed by atoms with Crippen molar-refractivity contribution in [3.63, 3.8) is 0 Å². The fourth-order valence-electron chi connectivity index (χ4n) is 1.88. The van der Waals surface area contributed by atoms with E-state index >= 15 is 0 Å². The lowest BCUT2D eigenvalue weighted by atomic mass is 10.1. The average Bonchev–Trinajstić information content (AvgIpc) is 2.41. The molecule has 20 heavy (non-hydrogen) atoms. The maximum absolute atomic E-state index is 12.3. The van der Waals surface area contributed by atoms with Crippen molar-refractivity contribution in [3.05, 3.63) is 53.6 Å². The molecule has 2 aromatic rings. The van der Waals surface area contributed by atoms with Gasteiger partial charge in [-0.25, -0.2) is 8.42 Å². The second-order valence-corrected chi connectivity index (χ2v) is 6.36. The smallest absolute Gasteiger partial charge is 0.261 e. The van der Waals surface area contributed by atoms with E-state index in [0.29, 0.717) is 11.4 Å². The number of sulfonamides is 1. The van der Waals surface area contributed by atoms with E-state index in [1.54, 1.807) is 25.1 Å². The summed E-state index contributed by atoms with van der Waals surface area (Å²) >= 11 is 0. The van der Waals surface area contributed by atoms with E-state index in [1.807, 2.05) is 25.1 Å². The standard InChI is InChI=1S/C15H18N2O2S/c1-3-12-5-4-6-13(10-12)17-20(18,19)14-7-8-15(16)11(2)9-14/h4-10,17H,3,16H2,1-2H3. The quantitative estimate of drug-likeness (QED) is 0.850. The maximum atomic E-state index is 12.3. The van der Waals surface area contributed by atoms with Crippen LogP contribution in [0.15, 0.2) is 47.4 Å². The Kier molecular flexibility index (Phi) is 3.99. The van der Waals surface area contributed by atoms with Crippen LogP contribution >= 0.6 is 0 Å².